The van der Waals surface area contributed by atoms with Gasteiger partial charge in [-0.1, -0.05) is 0 Å². The van der Waals surface area contributed by atoms with Crippen molar-refractivity contribution in [3.63, 3.8) is 0 Å². The molecule has 0 aliphatic heterocycles. The van der Waals surface area contributed by atoms with Crippen LogP contribution < -0.4 is 5.30 Å². The topological polar surface area (TPSA) is 6.48 Å². The molecule has 0 aliphatic carbocycles. The molecule has 0 spiro atoms. The summed E-state index contributed by atoms with van der Waals surface area (Å²) in [6.07, 6.45) is -1.24. The normalized spacial score (nSPS) is 12.5. The van der Waals surface area contributed by atoms with Crippen LogP contribution >= 0.6 is 6.25 Å². The standard InChI is InChI=1S/C11H20N2PSe/c1-12(2)14(15-5,13(3)4)11-9-7-6-8-10-11/h6-10H,1-5H3/q+1. The molecule has 15 heavy (non-hydrogen) atoms. The van der Waals surface area contributed by atoms with Crippen LogP contribution in [0.3, 0.4) is 0 Å². The van der Waals surface area contributed by atoms with Crippen molar-refractivity contribution in [1.82, 2.24) is 9.34 Å². The third kappa shape index (κ3) is 2.43. The van der Waals surface area contributed by atoms with Crippen LogP contribution in [0.1, 0.15) is 0 Å². The minimum absolute atomic E-state index is 0.599. The Labute approximate surface area is 99.9 Å². The maximum absolute atomic E-state index is 2.42. The van der Waals surface area contributed by atoms with Crippen LogP contribution in [0.5, 0.6) is 0 Å². The van der Waals surface area contributed by atoms with Crippen molar-refractivity contribution in [2.45, 2.75) is 5.82 Å². The Kier molecular flexibility index (Phi) is 4.76. The summed E-state index contributed by atoms with van der Waals surface area (Å²) in [5.74, 6) is 2.34. The molecule has 1 rings (SSSR count). The van der Waals surface area contributed by atoms with Crippen LogP contribution in [-0.4, -0.2) is 52.0 Å². The first kappa shape index (κ1) is 13.2. The second-order valence-electron chi connectivity index (χ2n) is 3.76. The molecule has 0 bridgehead atoms. The third-order valence-corrected chi connectivity index (χ3v) is 14.7. The van der Waals surface area contributed by atoms with Crippen LogP contribution in [0.25, 0.3) is 0 Å². The van der Waals surface area contributed by atoms with Crippen LogP contribution in [0.15, 0.2) is 30.3 Å². The van der Waals surface area contributed by atoms with Crippen molar-refractivity contribution in [3.05, 3.63) is 30.3 Å². The number of hydrogen-bond acceptors (Lipinski definition) is 2. The van der Waals surface area contributed by atoms with Crippen LogP contribution in [-0.2, 0) is 0 Å². The van der Waals surface area contributed by atoms with Crippen molar-refractivity contribution >= 4 is 26.1 Å². The Morgan fingerprint density at radius 3 is 1.73 bits per heavy atom. The molecule has 0 atom stereocenters. The molecule has 2 nitrogen and oxygen atoms in total. The van der Waals surface area contributed by atoms with Gasteiger partial charge < -0.3 is 0 Å². The molecule has 0 aliphatic rings. The Bertz CT molecular complexity index is 293. The van der Waals surface area contributed by atoms with E-state index < -0.39 is 6.25 Å². The van der Waals surface area contributed by atoms with Crippen molar-refractivity contribution < 1.29 is 0 Å². The number of benzene rings is 1. The van der Waals surface area contributed by atoms with Gasteiger partial charge in [0.1, 0.15) is 0 Å². The molecule has 0 radical (unpaired) electrons. The summed E-state index contributed by atoms with van der Waals surface area (Å²) in [6.45, 7) is 0. The summed E-state index contributed by atoms with van der Waals surface area (Å²) in [7, 11) is 8.80. The van der Waals surface area contributed by atoms with Gasteiger partial charge in [0.15, 0.2) is 0 Å². The first-order chi connectivity index (χ1) is 7.05. The van der Waals surface area contributed by atoms with Gasteiger partial charge in [-0.3, -0.25) is 0 Å². The molecular formula is C11H20N2PSe+. The van der Waals surface area contributed by atoms with Gasteiger partial charge >= 0.3 is 99.8 Å². The van der Waals surface area contributed by atoms with E-state index in [9.17, 15) is 0 Å². The molecule has 0 fully saturated rings. The average molecular weight is 290 g/mol. The zero-order valence-corrected chi connectivity index (χ0v) is 12.7. The van der Waals surface area contributed by atoms with Crippen LogP contribution in [0, 0.1) is 0 Å². The molecular weight excluding hydrogens is 270 g/mol. The third-order valence-electron chi connectivity index (χ3n) is 2.43. The molecule has 0 heterocycles. The van der Waals surface area contributed by atoms with Gasteiger partial charge in [-0.2, -0.15) is 0 Å². The zero-order chi connectivity index (χ0) is 11.5. The summed E-state index contributed by atoms with van der Waals surface area (Å²) < 4.78 is 4.84. The fourth-order valence-electron chi connectivity index (χ4n) is 1.87. The number of nitrogens with zero attached hydrogens (tertiary/aromatic N) is 2. The van der Waals surface area contributed by atoms with Crippen LogP contribution in [0.4, 0.5) is 0 Å². The molecule has 1 aromatic rings. The van der Waals surface area contributed by atoms with E-state index in [0.717, 1.165) is 0 Å². The molecule has 4 heteroatoms. The van der Waals surface area contributed by atoms with E-state index in [4.69, 9.17) is 0 Å². The molecule has 0 N–H and O–H groups in total. The first-order valence-corrected chi connectivity index (χ1v) is 10.5. The second-order valence-corrected chi connectivity index (χ2v) is 12.8. The second kappa shape index (κ2) is 5.43. The SMILES string of the molecule is C[Se][P+](c1ccccc1)(N(C)C)N(C)C. The fourth-order valence-corrected chi connectivity index (χ4v) is 11.1. The predicted molar refractivity (Wildman–Crippen MR) is 72.0 cm³/mol. The van der Waals surface area contributed by atoms with Gasteiger partial charge in [0.05, 0.1) is 0 Å². The summed E-state index contributed by atoms with van der Waals surface area (Å²) in [5.41, 5.74) is 0. The van der Waals surface area contributed by atoms with Gasteiger partial charge in [0.2, 0.25) is 0 Å². The van der Waals surface area contributed by atoms with Gasteiger partial charge in [0.25, 0.3) is 0 Å². The van der Waals surface area contributed by atoms with E-state index in [0.29, 0.717) is 14.5 Å². The number of hydrogen-bond donors (Lipinski definition) is 0. The summed E-state index contributed by atoms with van der Waals surface area (Å²) in [6, 6.07) is 10.9. The Morgan fingerprint density at radius 2 is 1.40 bits per heavy atom. The Hall–Kier alpha value is 0.0895. The molecule has 84 valence electrons. The summed E-state index contributed by atoms with van der Waals surface area (Å²) >= 11 is 0.599. The first-order valence-electron chi connectivity index (χ1n) is 4.91. The molecule has 0 amide bonds. The molecule has 1 aromatic carbocycles. The van der Waals surface area contributed by atoms with Crippen molar-refractivity contribution in [1.29, 1.82) is 0 Å². The Balaban J connectivity index is 3.22. The average Bonchev–Trinajstić information content (AvgIpc) is 2.20. The maximum atomic E-state index is 2.42. The van der Waals surface area contributed by atoms with E-state index in [1.54, 1.807) is 0 Å². The minimum atomic E-state index is -1.24. The van der Waals surface area contributed by atoms with Crippen molar-refractivity contribution in [2.24, 2.45) is 0 Å². The van der Waals surface area contributed by atoms with Gasteiger partial charge in [-0.05, 0) is 0 Å². The molecule has 0 saturated heterocycles. The van der Waals surface area contributed by atoms with Gasteiger partial charge in [0, 0.05) is 0 Å². The van der Waals surface area contributed by atoms with Crippen molar-refractivity contribution in [3.8, 4) is 0 Å². The van der Waals surface area contributed by atoms with E-state index in [1.165, 1.54) is 5.30 Å². The monoisotopic (exact) mass is 291 g/mol. The van der Waals surface area contributed by atoms with E-state index in [1.807, 2.05) is 0 Å². The fraction of sp³-hybridized carbons (Fsp3) is 0.455. The summed E-state index contributed by atoms with van der Waals surface area (Å²) in [4.78, 5) is 0. The number of rotatable bonds is 4. The van der Waals surface area contributed by atoms with Gasteiger partial charge in [-0.25, -0.2) is 0 Å². The predicted octanol–water partition coefficient (Wildman–Crippen LogP) is 1.95. The molecule has 0 saturated carbocycles. The van der Waals surface area contributed by atoms with Crippen LogP contribution in [0.2, 0.25) is 5.82 Å². The quantitative estimate of drug-likeness (QED) is 0.618. The van der Waals surface area contributed by atoms with E-state index in [2.05, 4.69) is 73.7 Å². The summed E-state index contributed by atoms with van der Waals surface area (Å²) in [5, 5.41) is 1.49. The van der Waals surface area contributed by atoms with Gasteiger partial charge in [-0.15, -0.1) is 0 Å². The zero-order valence-electron chi connectivity index (χ0n) is 10.1. The van der Waals surface area contributed by atoms with E-state index in [-0.39, 0.29) is 0 Å². The Morgan fingerprint density at radius 1 is 0.933 bits per heavy atom. The molecule has 0 unspecified atom stereocenters. The molecule has 0 aromatic heterocycles. The van der Waals surface area contributed by atoms with E-state index >= 15 is 0 Å². The van der Waals surface area contributed by atoms with Crippen molar-refractivity contribution in [2.75, 3.05) is 28.2 Å².